The normalized spacial score (nSPS) is 17.5. The van der Waals surface area contributed by atoms with E-state index < -0.39 is 17.7 Å². The highest BCUT2D eigenvalue weighted by molar-refractivity contribution is 7.22. The molecule has 5 rings (SSSR count). The lowest BCUT2D eigenvalue weighted by Gasteiger charge is -2.22. The molecule has 4 aromatic rings. The Morgan fingerprint density at radius 1 is 1.09 bits per heavy atom. The number of benzene rings is 2. The van der Waals surface area contributed by atoms with E-state index in [1.807, 2.05) is 17.5 Å². The zero-order valence-corrected chi connectivity index (χ0v) is 20.3. The number of ether oxygens (including phenoxy) is 2. The second kappa shape index (κ2) is 8.75. The molecule has 0 bridgehead atoms. The minimum atomic E-state index is -0.870. The zero-order valence-electron chi connectivity index (χ0n) is 17.9. The monoisotopic (exact) mass is 512 g/mol. The van der Waals surface area contributed by atoms with Gasteiger partial charge in [0.1, 0.15) is 28.9 Å². The first kappa shape index (κ1) is 22.4. The Morgan fingerprint density at radius 2 is 1.82 bits per heavy atom. The first-order valence-electron chi connectivity index (χ1n) is 10.1. The number of anilines is 1. The summed E-state index contributed by atoms with van der Waals surface area (Å²) in [5.74, 6) is -1.36. The average molecular weight is 513 g/mol. The molecule has 3 heterocycles. The van der Waals surface area contributed by atoms with E-state index in [1.54, 1.807) is 36.4 Å². The van der Waals surface area contributed by atoms with Crippen molar-refractivity contribution in [3.8, 4) is 11.5 Å². The minimum absolute atomic E-state index is 0.0625. The van der Waals surface area contributed by atoms with E-state index in [0.717, 1.165) is 4.70 Å². The number of amides is 1. The summed E-state index contributed by atoms with van der Waals surface area (Å²) in [6.07, 6.45) is 0. The van der Waals surface area contributed by atoms with Gasteiger partial charge in [0, 0.05) is 9.90 Å². The number of methoxy groups -OCH3 is 2. The van der Waals surface area contributed by atoms with Crippen LogP contribution in [0.2, 0.25) is 5.02 Å². The highest BCUT2D eigenvalue weighted by Gasteiger charge is 2.49. The predicted octanol–water partition coefficient (Wildman–Crippen LogP) is 5.65. The second-order valence-corrected chi connectivity index (χ2v) is 9.76. The molecule has 1 atom stereocenters. The molecule has 1 unspecified atom stereocenters. The molecule has 1 aliphatic heterocycles. The Kier molecular flexibility index (Phi) is 5.76. The molecule has 2 aromatic carbocycles. The van der Waals surface area contributed by atoms with Gasteiger partial charge < -0.3 is 14.6 Å². The summed E-state index contributed by atoms with van der Waals surface area (Å²) in [6, 6.07) is 13.0. The van der Waals surface area contributed by atoms with E-state index in [4.69, 9.17) is 21.1 Å². The summed E-state index contributed by atoms with van der Waals surface area (Å²) in [4.78, 5) is 33.3. The van der Waals surface area contributed by atoms with E-state index in [2.05, 4.69) is 4.98 Å². The third-order valence-electron chi connectivity index (χ3n) is 5.47. The fourth-order valence-corrected chi connectivity index (χ4v) is 6.05. The number of aliphatic hydroxyl groups is 1. The van der Waals surface area contributed by atoms with Gasteiger partial charge in [0.25, 0.3) is 5.78 Å². The first-order chi connectivity index (χ1) is 16.4. The number of nitrogens with zero attached hydrogens (tertiary/aromatic N) is 2. The summed E-state index contributed by atoms with van der Waals surface area (Å²) < 4.78 is 11.6. The van der Waals surface area contributed by atoms with Gasteiger partial charge in [-0.15, -0.1) is 11.3 Å². The van der Waals surface area contributed by atoms with Crippen molar-refractivity contribution in [3.05, 3.63) is 74.9 Å². The molecule has 0 radical (unpaired) electrons. The number of halogens is 1. The molecule has 7 nitrogen and oxygen atoms in total. The Bertz CT molecular complexity index is 1440. The third-order valence-corrected chi connectivity index (χ3v) is 7.64. The Hall–Kier alpha value is -3.40. The number of aliphatic hydroxyl groups excluding tert-OH is 1. The van der Waals surface area contributed by atoms with Crippen LogP contribution in [-0.2, 0) is 9.59 Å². The lowest BCUT2D eigenvalue weighted by atomic mass is 9.99. The smallest absolute Gasteiger partial charge is 0.301 e. The Labute approximate surface area is 207 Å². The van der Waals surface area contributed by atoms with Crippen molar-refractivity contribution in [2.45, 2.75) is 6.04 Å². The summed E-state index contributed by atoms with van der Waals surface area (Å²) in [6.45, 7) is 0. The van der Waals surface area contributed by atoms with Gasteiger partial charge in [0.05, 0.1) is 30.0 Å². The number of hydrogen-bond donors (Lipinski definition) is 1. The zero-order chi connectivity index (χ0) is 24.0. The molecule has 0 spiro atoms. The van der Waals surface area contributed by atoms with Crippen molar-refractivity contribution in [2.75, 3.05) is 19.1 Å². The van der Waals surface area contributed by atoms with Crippen LogP contribution in [0.5, 0.6) is 11.5 Å². The van der Waals surface area contributed by atoms with Crippen LogP contribution in [0, 0.1) is 0 Å². The van der Waals surface area contributed by atoms with Crippen LogP contribution in [0.15, 0.2) is 59.5 Å². The second-order valence-electron chi connectivity index (χ2n) is 7.33. The van der Waals surface area contributed by atoms with Crippen molar-refractivity contribution in [2.24, 2.45) is 0 Å². The lowest BCUT2D eigenvalue weighted by molar-refractivity contribution is -0.132. The summed E-state index contributed by atoms with van der Waals surface area (Å²) in [5, 5.41) is 14.2. The average Bonchev–Trinajstić information content (AvgIpc) is 3.56. The highest BCUT2D eigenvalue weighted by Crippen LogP contribution is 2.47. The maximum atomic E-state index is 13.3. The van der Waals surface area contributed by atoms with Crippen LogP contribution in [0.4, 0.5) is 5.13 Å². The number of carbonyl (C=O) groups is 2. The van der Waals surface area contributed by atoms with E-state index in [0.29, 0.717) is 32.0 Å². The Morgan fingerprint density at radius 3 is 2.47 bits per heavy atom. The quantitative estimate of drug-likeness (QED) is 0.211. The number of thiophene rings is 1. The van der Waals surface area contributed by atoms with Crippen LogP contribution >= 0.6 is 34.3 Å². The highest BCUT2D eigenvalue weighted by atomic mass is 35.5. The first-order valence-corrected chi connectivity index (χ1v) is 12.1. The molecule has 1 aliphatic rings. The molecule has 2 aromatic heterocycles. The number of fused-ring (bicyclic) bond motifs is 1. The Balaban J connectivity index is 1.75. The van der Waals surface area contributed by atoms with Gasteiger partial charge in [0.2, 0.25) is 0 Å². The molecule has 1 N–H and O–H groups in total. The number of ketones is 1. The van der Waals surface area contributed by atoms with Crippen LogP contribution in [-0.4, -0.2) is 36.0 Å². The van der Waals surface area contributed by atoms with Gasteiger partial charge in [0.15, 0.2) is 5.13 Å². The fraction of sp³-hybridized carbons (Fsp3) is 0.125. The fourth-order valence-electron chi connectivity index (χ4n) is 3.95. The van der Waals surface area contributed by atoms with Gasteiger partial charge in [-0.1, -0.05) is 35.1 Å². The van der Waals surface area contributed by atoms with Crippen molar-refractivity contribution >= 4 is 67.1 Å². The van der Waals surface area contributed by atoms with Gasteiger partial charge in [-0.3, -0.25) is 14.5 Å². The molecule has 1 amide bonds. The molecule has 34 heavy (non-hydrogen) atoms. The van der Waals surface area contributed by atoms with Gasteiger partial charge in [-0.2, -0.15) is 0 Å². The van der Waals surface area contributed by atoms with Crippen molar-refractivity contribution in [3.63, 3.8) is 0 Å². The SMILES string of the molecule is COc1cccc(OC)c1/C(O)=C1\C(=O)C(=O)N(c2nc3ccc(Cl)cc3s2)C1c1cccs1. The summed E-state index contributed by atoms with van der Waals surface area (Å²) in [5.41, 5.74) is 0.790. The summed E-state index contributed by atoms with van der Waals surface area (Å²) >= 11 is 8.74. The molecular weight excluding hydrogens is 496 g/mol. The van der Waals surface area contributed by atoms with E-state index in [9.17, 15) is 14.7 Å². The molecular formula is C24H17ClN2O5S2. The van der Waals surface area contributed by atoms with Gasteiger partial charge in [-0.05, 0) is 41.8 Å². The van der Waals surface area contributed by atoms with Crippen LogP contribution < -0.4 is 14.4 Å². The van der Waals surface area contributed by atoms with Crippen molar-refractivity contribution < 1.29 is 24.2 Å². The van der Waals surface area contributed by atoms with Crippen molar-refractivity contribution in [1.82, 2.24) is 4.98 Å². The topological polar surface area (TPSA) is 89.0 Å². The number of carbonyl (C=O) groups excluding carboxylic acids is 2. The number of Topliss-reactive ketones (excluding diaryl/α,β-unsaturated/α-hetero) is 1. The van der Waals surface area contributed by atoms with Crippen LogP contribution in [0.25, 0.3) is 16.0 Å². The van der Waals surface area contributed by atoms with Crippen LogP contribution in [0.3, 0.4) is 0 Å². The van der Waals surface area contributed by atoms with Crippen molar-refractivity contribution in [1.29, 1.82) is 0 Å². The molecule has 172 valence electrons. The lowest BCUT2D eigenvalue weighted by Crippen LogP contribution is -2.28. The third kappa shape index (κ3) is 3.53. The maximum Gasteiger partial charge on any atom is 0.301 e. The van der Waals surface area contributed by atoms with Crippen LogP contribution in [0.1, 0.15) is 16.5 Å². The van der Waals surface area contributed by atoms with E-state index in [1.165, 1.54) is 41.8 Å². The number of hydrogen-bond acceptors (Lipinski definition) is 8. The largest absolute Gasteiger partial charge is 0.506 e. The molecule has 1 saturated heterocycles. The van der Waals surface area contributed by atoms with E-state index in [-0.39, 0.29) is 16.9 Å². The number of thiazole rings is 1. The molecule has 0 aliphatic carbocycles. The van der Waals surface area contributed by atoms with E-state index >= 15 is 0 Å². The predicted molar refractivity (Wildman–Crippen MR) is 133 cm³/mol. The molecule has 0 saturated carbocycles. The number of rotatable bonds is 5. The summed E-state index contributed by atoms with van der Waals surface area (Å²) in [7, 11) is 2.90. The molecule has 10 heteroatoms. The standard InChI is InChI=1S/C24H17ClN2O5S2/c1-31-14-5-3-6-15(32-2)18(14)21(28)19-20(16-7-4-10-33-16)27(23(30)22(19)29)24-26-13-9-8-12(25)11-17(13)34-24/h3-11,20,28H,1-2H3/b21-19+. The number of aromatic nitrogens is 1. The van der Waals surface area contributed by atoms with Gasteiger partial charge >= 0.3 is 5.91 Å². The minimum Gasteiger partial charge on any atom is -0.506 e. The molecule has 1 fully saturated rings. The van der Waals surface area contributed by atoms with Gasteiger partial charge in [-0.25, -0.2) is 4.98 Å². The maximum absolute atomic E-state index is 13.3.